The van der Waals surface area contributed by atoms with Crippen LogP contribution in [0.5, 0.6) is 11.5 Å². The average molecular weight is 380 g/mol. The molecule has 152 valence electrons. The number of alkyl carbamates (subject to hydrolysis) is 1. The van der Waals surface area contributed by atoms with Gasteiger partial charge in [0, 0.05) is 26.7 Å². The maximum Gasteiger partial charge on any atom is 0.407 e. The fourth-order valence-electron chi connectivity index (χ4n) is 2.20. The van der Waals surface area contributed by atoms with Gasteiger partial charge >= 0.3 is 6.09 Å². The van der Waals surface area contributed by atoms with Crippen LogP contribution >= 0.6 is 0 Å². The first-order valence-corrected chi connectivity index (χ1v) is 8.91. The molecule has 8 nitrogen and oxygen atoms in total. The maximum atomic E-state index is 11.6. The van der Waals surface area contributed by atoms with Gasteiger partial charge in [0.05, 0.1) is 14.2 Å². The molecule has 1 aromatic rings. The highest BCUT2D eigenvalue weighted by Gasteiger charge is 2.15. The second-order valence-corrected chi connectivity index (χ2v) is 6.82. The van der Waals surface area contributed by atoms with Crippen molar-refractivity contribution in [3.63, 3.8) is 0 Å². The van der Waals surface area contributed by atoms with E-state index in [4.69, 9.17) is 14.2 Å². The number of ether oxygens (including phenoxy) is 3. The van der Waals surface area contributed by atoms with Crippen molar-refractivity contribution in [2.24, 2.45) is 4.99 Å². The molecule has 0 atom stereocenters. The summed E-state index contributed by atoms with van der Waals surface area (Å²) in [6, 6.07) is 5.75. The maximum absolute atomic E-state index is 11.6. The van der Waals surface area contributed by atoms with E-state index in [2.05, 4.69) is 20.9 Å². The first kappa shape index (κ1) is 22.4. The van der Waals surface area contributed by atoms with E-state index in [-0.39, 0.29) is 0 Å². The molecular weight excluding hydrogens is 348 g/mol. The first-order chi connectivity index (χ1) is 12.8. The number of hydrogen-bond donors (Lipinski definition) is 3. The number of guanidine groups is 1. The standard InChI is InChI=1S/C19H32N4O4/c1-19(2,3)27-18(24)22-11-7-10-21-17(20-4)23-13-14-8-9-15(25-5)16(12-14)26-6/h8-9,12H,7,10-11,13H2,1-6H3,(H,22,24)(H2,20,21,23). The van der Waals surface area contributed by atoms with Gasteiger partial charge in [0.2, 0.25) is 0 Å². The highest BCUT2D eigenvalue weighted by atomic mass is 16.6. The molecule has 0 heterocycles. The number of methoxy groups -OCH3 is 2. The summed E-state index contributed by atoms with van der Waals surface area (Å²) in [6.45, 7) is 7.29. The molecule has 0 saturated heterocycles. The topological polar surface area (TPSA) is 93.2 Å². The minimum absolute atomic E-state index is 0.404. The third-order valence-electron chi connectivity index (χ3n) is 3.45. The Balaban J connectivity index is 2.32. The fourth-order valence-corrected chi connectivity index (χ4v) is 2.20. The number of aliphatic imine (C=N–C) groups is 1. The van der Waals surface area contributed by atoms with E-state index >= 15 is 0 Å². The zero-order chi connectivity index (χ0) is 20.3. The summed E-state index contributed by atoms with van der Waals surface area (Å²) in [6.07, 6.45) is 0.342. The van der Waals surface area contributed by atoms with Gasteiger partial charge in [-0.3, -0.25) is 4.99 Å². The molecular formula is C19H32N4O4. The van der Waals surface area contributed by atoms with E-state index < -0.39 is 11.7 Å². The van der Waals surface area contributed by atoms with Crippen molar-refractivity contribution in [1.29, 1.82) is 0 Å². The van der Waals surface area contributed by atoms with Crippen LogP contribution in [0.2, 0.25) is 0 Å². The summed E-state index contributed by atoms with van der Waals surface area (Å²) in [4.78, 5) is 15.7. The number of amides is 1. The van der Waals surface area contributed by atoms with E-state index in [0.29, 0.717) is 37.1 Å². The van der Waals surface area contributed by atoms with E-state index in [1.54, 1.807) is 21.3 Å². The van der Waals surface area contributed by atoms with Crippen molar-refractivity contribution in [1.82, 2.24) is 16.0 Å². The number of carbonyl (C=O) groups excluding carboxylic acids is 1. The molecule has 0 aliphatic heterocycles. The van der Waals surface area contributed by atoms with Crippen LogP contribution in [0.15, 0.2) is 23.2 Å². The Morgan fingerprint density at radius 3 is 2.30 bits per heavy atom. The lowest BCUT2D eigenvalue weighted by Gasteiger charge is -2.19. The second kappa shape index (κ2) is 11.2. The number of benzene rings is 1. The lowest BCUT2D eigenvalue weighted by Crippen LogP contribution is -2.39. The van der Waals surface area contributed by atoms with E-state index in [9.17, 15) is 4.79 Å². The van der Waals surface area contributed by atoms with E-state index in [0.717, 1.165) is 12.0 Å². The van der Waals surface area contributed by atoms with Crippen molar-refractivity contribution < 1.29 is 19.0 Å². The van der Waals surface area contributed by atoms with Crippen LogP contribution in [-0.4, -0.2) is 52.0 Å². The predicted octanol–water partition coefficient (Wildman–Crippen LogP) is 2.28. The average Bonchev–Trinajstić information content (AvgIpc) is 2.62. The van der Waals surface area contributed by atoms with Gasteiger partial charge in [-0.25, -0.2) is 4.79 Å². The molecule has 1 amide bonds. The van der Waals surface area contributed by atoms with Crippen molar-refractivity contribution in [3.05, 3.63) is 23.8 Å². The van der Waals surface area contributed by atoms with Crippen LogP contribution in [0.1, 0.15) is 32.8 Å². The van der Waals surface area contributed by atoms with Crippen LogP contribution in [0.4, 0.5) is 4.79 Å². The molecule has 0 aromatic heterocycles. The van der Waals surface area contributed by atoms with Crippen LogP contribution in [0, 0.1) is 0 Å². The van der Waals surface area contributed by atoms with Gasteiger partial charge in [-0.2, -0.15) is 0 Å². The van der Waals surface area contributed by atoms with Crippen LogP contribution in [-0.2, 0) is 11.3 Å². The van der Waals surface area contributed by atoms with Crippen LogP contribution < -0.4 is 25.4 Å². The third-order valence-corrected chi connectivity index (χ3v) is 3.45. The Labute approximate surface area is 161 Å². The fraction of sp³-hybridized carbons (Fsp3) is 0.579. The SMILES string of the molecule is CN=C(NCCCNC(=O)OC(C)(C)C)NCc1ccc(OC)c(OC)c1. The van der Waals surface area contributed by atoms with Gasteiger partial charge in [0.15, 0.2) is 17.5 Å². The molecule has 0 fully saturated rings. The molecule has 0 aliphatic rings. The smallest absolute Gasteiger partial charge is 0.407 e. The molecule has 27 heavy (non-hydrogen) atoms. The number of hydrogen-bond acceptors (Lipinski definition) is 5. The Hall–Kier alpha value is -2.64. The van der Waals surface area contributed by atoms with E-state index in [1.807, 2.05) is 39.0 Å². The summed E-state index contributed by atoms with van der Waals surface area (Å²) < 4.78 is 15.7. The quantitative estimate of drug-likeness (QED) is 0.364. The van der Waals surface area contributed by atoms with Crippen molar-refractivity contribution in [2.45, 2.75) is 39.3 Å². The third kappa shape index (κ3) is 9.03. The normalized spacial score (nSPS) is 11.6. The lowest BCUT2D eigenvalue weighted by molar-refractivity contribution is 0.0527. The number of carbonyl (C=O) groups is 1. The molecule has 0 spiro atoms. The summed E-state index contributed by atoms with van der Waals surface area (Å²) in [5.41, 5.74) is 0.556. The molecule has 0 unspecified atom stereocenters. The molecule has 0 aliphatic carbocycles. The van der Waals surface area contributed by atoms with Gasteiger partial charge in [-0.1, -0.05) is 6.07 Å². The summed E-state index contributed by atoms with van der Waals surface area (Å²) >= 11 is 0. The number of rotatable bonds is 8. The van der Waals surface area contributed by atoms with Crippen molar-refractivity contribution in [2.75, 3.05) is 34.4 Å². The van der Waals surface area contributed by atoms with Crippen LogP contribution in [0.3, 0.4) is 0 Å². The summed E-state index contributed by atoms with van der Waals surface area (Å²) in [7, 11) is 4.93. The minimum atomic E-state index is -0.488. The van der Waals surface area contributed by atoms with Crippen LogP contribution in [0.25, 0.3) is 0 Å². The lowest BCUT2D eigenvalue weighted by atomic mass is 10.2. The van der Waals surface area contributed by atoms with Gasteiger partial charge in [0.1, 0.15) is 5.60 Å². The molecule has 0 bridgehead atoms. The van der Waals surface area contributed by atoms with Gasteiger partial charge < -0.3 is 30.2 Å². The van der Waals surface area contributed by atoms with Gasteiger partial charge in [-0.05, 0) is 44.9 Å². The molecule has 1 aromatic carbocycles. The Bertz CT molecular complexity index is 627. The number of nitrogens with one attached hydrogen (secondary N) is 3. The highest BCUT2D eigenvalue weighted by molar-refractivity contribution is 5.79. The zero-order valence-electron chi connectivity index (χ0n) is 17.1. The predicted molar refractivity (Wildman–Crippen MR) is 107 cm³/mol. The first-order valence-electron chi connectivity index (χ1n) is 8.91. The Morgan fingerprint density at radius 1 is 1.04 bits per heavy atom. The Morgan fingerprint density at radius 2 is 1.70 bits per heavy atom. The molecule has 1 rings (SSSR count). The number of nitrogens with zero attached hydrogens (tertiary/aromatic N) is 1. The highest BCUT2D eigenvalue weighted by Crippen LogP contribution is 2.27. The minimum Gasteiger partial charge on any atom is -0.493 e. The molecule has 0 radical (unpaired) electrons. The van der Waals surface area contributed by atoms with Crippen molar-refractivity contribution in [3.8, 4) is 11.5 Å². The van der Waals surface area contributed by atoms with Crippen molar-refractivity contribution >= 4 is 12.1 Å². The van der Waals surface area contributed by atoms with Gasteiger partial charge in [0.25, 0.3) is 0 Å². The zero-order valence-corrected chi connectivity index (χ0v) is 17.1. The Kier molecular flexibility index (Phi) is 9.25. The molecule has 3 N–H and O–H groups in total. The second-order valence-electron chi connectivity index (χ2n) is 6.82. The molecule has 8 heteroatoms. The van der Waals surface area contributed by atoms with Gasteiger partial charge in [-0.15, -0.1) is 0 Å². The van der Waals surface area contributed by atoms with E-state index in [1.165, 1.54) is 0 Å². The molecule has 0 saturated carbocycles. The summed E-state index contributed by atoms with van der Waals surface area (Å²) in [5.74, 6) is 2.07. The monoisotopic (exact) mass is 380 g/mol. The summed E-state index contributed by atoms with van der Waals surface area (Å²) in [5, 5.41) is 9.16. The largest absolute Gasteiger partial charge is 0.493 e.